The third-order valence-electron chi connectivity index (χ3n) is 6.72. The maximum Gasteiger partial charge on any atom is 0.322 e. The number of urea groups is 1. The van der Waals surface area contributed by atoms with E-state index in [1.165, 1.54) is 17.0 Å². The van der Waals surface area contributed by atoms with Crippen LogP contribution in [-0.2, 0) is 17.8 Å². The van der Waals surface area contributed by atoms with Crippen molar-refractivity contribution in [3.8, 4) is 5.75 Å². The third-order valence-corrected chi connectivity index (χ3v) is 6.72. The van der Waals surface area contributed by atoms with Gasteiger partial charge >= 0.3 is 6.03 Å². The Balaban J connectivity index is 1.52. The van der Waals surface area contributed by atoms with Gasteiger partial charge in [0.15, 0.2) is 0 Å². The zero-order valence-electron chi connectivity index (χ0n) is 22.5. The van der Waals surface area contributed by atoms with Gasteiger partial charge in [0.25, 0.3) is 0 Å². The topological polar surface area (TPSA) is 77.7 Å². The number of halogens is 1. The quantitative estimate of drug-likeness (QED) is 0.228. The summed E-state index contributed by atoms with van der Waals surface area (Å²) in [7, 11) is 1.61. The number of benzene rings is 3. The zero-order valence-corrected chi connectivity index (χ0v) is 22.5. The molecular formula is C31H35FN4O3. The molecule has 3 aromatic carbocycles. The highest BCUT2D eigenvalue weighted by Crippen LogP contribution is 2.20. The Morgan fingerprint density at radius 3 is 2.44 bits per heavy atom. The molecule has 0 spiro atoms. The minimum Gasteiger partial charge on any atom is -0.497 e. The Morgan fingerprint density at radius 1 is 0.949 bits per heavy atom. The van der Waals surface area contributed by atoms with Crippen LogP contribution in [0.15, 0.2) is 79.0 Å². The molecule has 2 N–H and O–H groups in total. The van der Waals surface area contributed by atoms with E-state index < -0.39 is 11.8 Å². The molecule has 7 nitrogen and oxygen atoms in total. The van der Waals surface area contributed by atoms with E-state index in [2.05, 4.69) is 16.4 Å². The molecule has 1 heterocycles. The van der Waals surface area contributed by atoms with Crippen molar-refractivity contribution >= 4 is 28.5 Å². The number of fused-ring (bicyclic) bond motifs is 1. The van der Waals surface area contributed by atoms with Crippen LogP contribution in [0.4, 0.5) is 14.9 Å². The molecule has 0 aliphatic carbocycles. The Morgan fingerprint density at radius 2 is 1.69 bits per heavy atom. The van der Waals surface area contributed by atoms with Crippen LogP contribution in [0.1, 0.15) is 30.9 Å². The van der Waals surface area contributed by atoms with Crippen molar-refractivity contribution in [2.45, 2.75) is 32.7 Å². The number of ether oxygens (including phenoxy) is 1. The third kappa shape index (κ3) is 7.37. The largest absolute Gasteiger partial charge is 0.497 e. The second-order valence-corrected chi connectivity index (χ2v) is 9.46. The number of methoxy groups -OCH3 is 1. The van der Waals surface area contributed by atoms with Gasteiger partial charge < -0.3 is 24.8 Å². The van der Waals surface area contributed by atoms with Crippen molar-refractivity contribution in [3.05, 3.63) is 95.9 Å². The Kier molecular flexibility index (Phi) is 9.56. The number of nitrogens with one attached hydrogen (secondary N) is 2. The number of unbranched alkanes of at least 4 members (excludes halogenated alkanes) is 1. The van der Waals surface area contributed by atoms with E-state index in [1.54, 1.807) is 24.1 Å². The Bertz CT molecular complexity index is 1390. The van der Waals surface area contributed by atoms with Gasteiger partial charge in [0.2, 0.25) is 5.91 Å². The van der Waals surface area contributed by atoms with Gasteiger partial charge in [-0.15, -0.1) is 0 Å². The number of anilines is 1. The second kappa shape index (κ2) is 13.5. The lowest BCUT2D eigenvalue weighted by Gasteiger charge is -2.28. The highest BCUT2D eigenvalue weighted by atomic mass is 19.1. The fourth-order valence-electron chi connectivity index (χ4n) is 4.46. The smallest absolute Gasteiger partial charge is 0.322 e. The number of carbonyl (C=O) groups is 2. The minimum absolute atomic E-state index is 0.0888. The monoisotopic (exact) mass is 530 g/mol. The van der Waals surface area contributed by atoms with Crippen molar-refractivity contribution in [2.75, 3.05) is 32.1 Å². The molecule has 0 aliphatic rings. The zero-order chi connectivity index (χ0) is 27.6. The molecule has 39 heavy (non-hydrogen) atoms. The van der Waals surface area contributed by atoms with Crippen molar-refractivity contribution in [3.63, 3.8) is 0 Å². The molecular weight excluding hydrogens is 495 g/mol. The summed E-state index contributed by atoms with van der Waals surface area (Å²) in [5, 5.41) is 3.75. The van der Waals surface area contributed by atoms with Crippen LogP contribution < -0.4 is 10.1 Å². The van der Waals surface area contributed by atoms with Crippen LogP contribution in [0.25, 0.3) is 10.9 Å². The lowest BCUT2D eigenvalue weighted by Crippen LogP contribution is -2.45. The van der Waals surface area contributed by atoms with Crippen LogP contribution in [0.5, 0.6) is 5.75 Å². The van der Waals surface area contributed by atoms with Crippen molar-refractivity contribution in [1.29, 1.82) is 0 Å². The molecule has 0 atom stereocenters. The molecule has 1 aromatic heterocycles. The van der Waals surface area contributed by atoms with E-state index in [1.807, 2.05) is 55.6 Å². The summed E-state index contributed by atoms with van der Waals surface area (Å²) < 4.78 is 19.4. The van der Waals surface area contributed by atoms with E-state index >= 15 is 0 Å². The van der Waals surface area contributed by atoms with Crippen molar-refractivity contribution < 1.29 is 18.7 Å². The summed E-state index contributed by atoms with van der Waals surface area (Å²) >= 11 is 0. The average Bonchev–Trinajstić information content (AvgIpc) is 3.37. The number of para-hydroxylation sites is 2. The molecule has 8 heteroatoms. The van der Waals surface area contributed by atoms with Gasteiger partial charge in [-0.1, -0.05) is 55.8 Å². The molecule has 0 unspecified atom stereocenters. The van der Waals surface area contributed by atoms with Crippen molar-refractivity contribution in [1.82, 2.24) is 14.8 Å². The predicted molar refractivity (Wildman–Crippen MR) is 152 cm³/mol. The second-order valence-electron chi connectivity index (χ2n) is 9.46. The fraction of sp³-hybridized carbons (Fsp3) is 0.290. The normalized spacial score (nSPS) is 10.8. The molecule has 0 fully saturated rings. The molecule has 204 valence electrons. The number of hydrogen-bond acceptors (Lipinski definition) is 3. The summed E-state index contributed by atoms with van der Waals surface area (Å²) in [6.45, 7) is 3.17. The molecule has 4 rings (SSSR count). The average molecular weight is 531 g/mol. The molecule has 0 bridgehead atoms. The lowest BCUT2D eigenvalue weighted by atomic mass is 10.1. The summed E-state index contributed by atoms with van der Waals surface area (Å²) in [4.78, 5) is 33.3. The molecule has 0 saturated heterocycles. The number of aromatic nitrogens is 1. The first-order valence-corrected chi connectivity index (χ1v) is 13.2. The van der Waals surface area contributed by atoms with E-state index in [0.29, 0.717) is 26.1 Å². The number of H-pyrrole nitrogens is 1. The van der Waals surface area contributed by atoms with Gasteiger partial charge in [0, 0.05) is 36.7 Å². The number of hydrogen-bond donors (Lipinski definition) is 2. The van der Waals surface area contributed by atoms with Crippen LogP contribution in [-0.4, -0.2) is 53.5 Å². The van der Waals surface area contributed by atoms with E-state index in [9.17, 15) is 14.0 Å². The minimum atomic E-state index is -0.521. The maximum absolute atomic E-state index is 14.2. The number of carbonyl (C=O) groups excluding carboxylic acids is 2. The van der Waals surface area contributed by atoms with E-state index in [0.717, 1.165) is 40.6 Å². The number of amides is 3. The van der Waals surface area contributed by atoms with Crippen LogP contribution in [0.2, 0.25) is 0 Å². The maximum atomic E-state index is 14.2. The van der Waals surface area contributed by atoms with Crippen LogP contribution >= 0.6 is 0 Å². The first-order chi connectivity index (χ1) is 19.0. The highest BCUT2D eigenvalue weighted by Gasteiger charge is 2.22. The Labute approximate surface area is 228 Å². The van der Waals surface area contributed by atoms with Crippen LogP contribution in [0.3, 0.4) is 0 Å². The van der Waals surface area contributed by atoms with E-state index in [-0.39, 0.29) is 18.1 Å². The van der Waals surface area contributed by atoms with E-state index in [4.69, 9.17) is 4.74 Å². The van der Waals surface area contributed by atoms with Crippen LogP contribution in [0, 0.1) is 5.82 Å². The fourth-order valence-corrected chi connectivity index (χ4v) is 4.46. The van der Waals surface area contributed by atoms with Gasteiger partial charge in [-0.3, -0.25) is 4.79 Å². The summed E-state index contributed by atoms with van der Waals surface area (Å²) in [6.07, 6.45) is 4.22. The Hall–Kier alpha value is -4.33. The number of aromatic amines is 1. The first-order valence-electron chi connectivity index (χ1n) is 13.2. The highest BCUT2D eigenvalue weighted by molar-refractivity contribution is 5.92. The summed E-state index contributed by atoms with van der Waals surface area (Å²) in [5.41, 5.74) is 3.22. The molecule has 3 amide bonds. The number of rotatable bonds is 12. The number of nitrogens with zero attached hydrogens (tertiary/aromatic N) is 2. The predicted octanol–water partition coefficient (Wildman–Crippen LogP) is 6.22. The van der Waals surface area contributed by atoms with Gasteiger partial charge in [0.1, 0.15) is 18.1 Å². The summed E-state index contributed by atoms with van der Waals surface area (Å²) in [6, 6.07) is 21.2. The summed E-state index contributed by atoms with van der Waals surface area (Å²) in [5.74, 6) is 0.0453. The molecule has 4 aromatic rings. The van der Waals surface area contributed by atoms with Gasteiger partial charge in [0.05, 0.1) is 12.8 Å². The lowest BCUT2D eigenvalue weighted by molar-refractivity contribution is -0.132. The first kappa shape index (κ1) is 27.7. The molecule has 0 aliphatic heterocycles. The van der Waals surface area contributed by atoms with Crippen molar-refractivity contribution in [2.24, 2.45) is 0 Å². The standard InChI is InChI=1S/C31H35FN4O3/c1-3-4-18-36(31(38)34-29-12-8-6-10-27(29)32)22-30(37)35(21-23-13-15-25(39-2)16-14-23)19-17-24-20-33-28-11-7-5-9-26(24)28/h5-16,20,33H,3-4,17-19,21-22H2,1-2H3,(H,34,38). The molecule has 0 radical (unpaired) electrons. The molecule has 0 saturated carbocycles. The SMILES string of the molecule is CCCCN(CC(=O)N(CCc1c[nH]c2ccccc12)Cc1ccc(OC)cc1)C(=O)Nc1ccccc1F. The van der Waals surface area contributed by atoms with Gasteiger partial charge in [-0.2, -0.15) is 0 Å². The van der Waals surface area contributed by atoms with Gasteiger partial charge in [-0.05, 0) is 54.3 Å². The van der Waals surface area contributed by atoms with Gasteiger partial charge in [-0.25, -0.2) is 9.18 Å².